The Morgan fingerprint density at radius 2 is 1.78 bits per heavy atom. The minimum Gasteiger partial charge on any atom is -0.459 e. The number of nitrogens with one attached hydrogen (secondary N) is 1. The van der Waals surface area contributed by atoms with E-state index in [4.69, 9.17) is 9.47 Å². The van der Waals surface area contributed by atoms with Gasteiger partial charge in [-0.2, -0.15) is 5.10 Å². The zero-order valence-corrected chi connectivity index (χ0v) is 13.4. The van der Waals surface area contributed by atoms with Crippen LogP contribution in [-0.2, 0) is 9.47 Å². The van der Waals surface area contributed by atoms with Crippen molar-refractivity contribution in [2.75, 3.05) is 7.11 Å². The SMILES string of the molecule is COC1CCC(OC(=O)c2ccc(-c3n[nH]c(C)n3)cc2)CC1. The molecule has 0 bridgehead atoms. The van der Waals surface area contributed by atoms with Crippen molar-refractivity contribution in [3.05, 3.63) is 35.7 Å². The van der Waals surface area contributed by atoms with Crippen LogP contribution in [0, 0.1) is 6.92 Å². The Morgan fingerprint density at radius 3 is 2.35 bits per heavy atom. The van der Waals surface area contributed by atoms with E-state index in [0.29, 0.717) is 17.5 Å². The Labute approximate surface area is 135 Å². The first-order chi connectivity index (χ1) is 11.2. The molecule has 1 saturated carbocycles. The molecule has 1 N–H and O–H groups in total. The normalized spacial score (nSPS) is 21.1. The van der Waals surface area contributed by atoms with Gasteiger partial charge in [-0.1, -0.05) is 12.1 Å². The lowest BCUT2D eigenvalue weighted by molar-refractivity contribution is -0.00540. The van der Waals surface area contributed by atoms with Gasteiger partial charge in [0.05, 0.1) is 11.7 Å². The molecule has 1 aliphatic rings. The van der Waals surface area contributed by atoms with Crippen LogP contribution in [0.2, 0.25) is 0 Å². The molecule has 0 radical (unpaired) electrons. The summed E-state index contributed by atoms with van der Waals surface area (Å²) in [6, 6.07) is 7.18. The zero-order valence-electron chi connectivity index (χ0n) is 13.4. The molecule has 2 aromatic rings. The maximum Gasteiger partial charge on any atom is 0.338 e. The van der Waals surface area contributed by atoms with E-state index in [1.807, 2.05) is 19.1 Å². The van der Waals surface area contributed by atoms with Crippen molar-refractivity contribution in [1.82, 2.24) is 15.2 Å². The molecule has 1 aromatic heterocycles. The molecule has 0 aliphatic heterocycles. The summed E-state index contributed by atoms with van der Waals surface area (Å²) in [6.45, 7) is 1.85. The topological polar surface area (TPSA) is 77.1 Å². The minimum atomic E-state index is -0.274. The van der Waals surface area contributed by atoms with Gasteiger partial charge in [0.1, 0.15) is 11.9 Å². The number of methoxy groups -OCH3 is 1. The molecule has 1 heterocycles. The van der Waals surface area contributed by atoms with Gasteiger partial charge in [-0.25, -0.2) is 9.78 Å². The maximum atomic E-state index is 12.2. The van der Waals surface area contributed by atoms with Crippen LogP contribution in [0.15, 0.2) is 24.3 Å². The Hall–Kier alpha value is -2.21. The van der Waals surface area contributed by atoms with Crippen LogP contribution in [0.1, 0.15) is 41.9 Å². The highest BCUT2D eigenvalue weighted by molar-refractivity contribution is 5.90. The van der Waals surface area contributed by atoms with Gasteiger partial charge in [-0.3, -0.25) is 5.10 Å². The number of rotatable bonds is 4. The maximum absolute atomic E-state index is 12.2. The van der Waals surface area contributed by atoms with Crippen LogP contribution in [-0.4, -0.2) is 40.5 Å². The number of hydrogen-bond donors (Lipinski definition) is 1. The van der Waals surface area contributed by atoms with Gasteiger partial charge in [0, 0.05) is 12.7 Å². The van der Waals surface area contributed by atoms with E-state index >= 15 is 0 Å². The summed E-state index contributed by atoms with van der Waals surface area (Å²) in [6.07, 6.45) is 3.89. The number of esters is 1. The van der Waals surface area contributed by atoms with Gasteiger partial charge in [0.2, 0.25) is 0 Å². The monoisotopic (exact) mass is 315 g/mol. The Bertz CT molecular complexity index is 658. The van der Waals surface area contributed by atoms with Crippen LogP contribution in [0.5, 0.6) is 0 Å². The van der Waals surface area contributed by atoms with Crippen molar-refractivity contribution < 1.29 is 14.3 Å². The second kappa shape index (κ2) is 6.91. The van der Waals surface area contributed by atoms with Crippen molar-refractivity contribution in [3.63, 3.8) is 0 Å². The van der Waals surface area contributed by atoms with E-state index in [9.17, 15) is 4.79 Å². The quantitative estimate of drug-likeness (QED) is 0.878. The number of benzene rings is 1. The van der Waals surface area contributed by atoms with Crippen molar-refractivity contribution in [2.24, 2.45) is 0 Å². The highest BCUT2D eigenvalue weighted by Crippen LogP contribution is 2.24. The fraction of sp³-hybridized carbons (Fsp3) is 0.471. The first-order valence-corrected chi connectivity index (χ1v) is 7.89. The second-order valence-corrected chi connectivity index (χ2v) is 5.86. The molecule has 122 valence electrons. The molecule has 3 rings (SSSR count). The molecule has 1 aromatic carbocycles. The van der Waals surface area contributed by atoms with E-state index in [1.54, 1.807) is 19.2 Å². The summed E-state index contributed by atoms with van der Waals surface area (Å²) >= 11 is 0. The van der Waals surface area contributed by atoms with Crippen LogP contribution >= 0.6 is 0 Å². The molecule has 0 atom stereocenters. The standard InChI is InChI=1S/C17H21N3O3/c1-11-18-16(20-19-11)12-3-5-13(6-4-12)17(21)23-15-9-7-14(22-2)8-10-15/h3-6,14-15H,7-10H2,1-2H3,(H,18,19,20). The molecular weight excluding hydrogens is 294 g/mol. The zero-order chi connectivity index (χ0) is 16.2. The third-order valence-corrected chi connectivity index (χ3v) is 4.20. The van der Waals surface area contributed by atoms with Gasteiger partial charge in [-0.05, 0) is 44.7 Å². The van der Waals surface area contributed by atoms with E-state index < -0.39 is 0 Å². The summed E-state index contributed by atoms with van der Waals surface area (Å²) in [7, 11) is 1.73. The molecule has 1 aliphatic carbocycles. The molecule has 6 nitrogen and oxygen atoms in total. The first kappa shape index (κ1) is 15.7. The van der Waals surface area contributed by atoms with Gasteiger partial charge < -0.3 is 9.47 Å². The average Bonchev–Trinajstić information content (AvgIpc) is 3.02. The molecule has 6 heteroatoms. The van der Waals surface area contributed by atoms with Gasteiger partial charge >= 0.3 is 5.97 Å². The van der Waals surface area contributed by atoms with Gasteiger partial charge in [-0.15, -0.1) is 0 Å². The Kier molecular flexibility index (Phi) is 4.71. The largest absolute Gasteiger partial charge is 0.459 e. The Morgan fingerprint density at radius 1 is 1.13 bits per heavy atom. The highest BCUT2D eigenvalue weighted by Gasteiger charge is 2.24. The third-order valence-electron chi connectivity index (χ3n) is 4.20. The summed E-state index contributed by atoms with van der Waals surface area (Å²) in [5.74, 6) is 1.11. The van der Waals surface area contributed by atoms with E-state index in [-0.39, 0.29) is 12.1 Å². The van der Waals surface area contributed by atoms with Crippen LogP contribution in [0.3, 0.4) is 0 Å². The molecular formula is C17H21N3O3. The van der Waals surface area contributed by atoms with E-state index in [0.717, 1.165) is 37.1 Å². The van der Waals surface area contributed by atoms with Gasteiger partial charge in [0.15, 0.2) is 5.82 Å². The molecule has 0 saturated heterocycles. The molecule has 0 amide bonds. The lowest BCUT2D eigenvalue weighted by atomic mass is 9.95. The van der Waals surface area contributed by atoms with Crippen molar-refractivity contribution in [1.29, 1.82) is 0 Å². The second-order valence-electron chi connectivity index (χ2n) is 5.86. The number of ether oxygens (including phenoxy) is 2. The van der Waals surface area contributed by atoms with E-state index in [1.165, 1.54) is 0 Å². The third kappa shape index (κ3) is 3.76. The predicted molar refractivity (Wildman–Crippen MR) is 85.0 cm³/mol. The average molecular weight is 315 g/mol. The highest BCUT2D eigenvalue weighted by atomic mass is 16.5. The van der Waals surface area contributed by atoms with Crippen LogP contribution in [0.4, 0.5) is 0 Å². The predicted octanol–water partition coefficient (Wildman–Crippen LogP) is 2.89. The fourth-order valence-electron chi connectivity index (χ4n) is 2.83. The number of hydrogen-bond acceptors (Lipinski definition) is 5. The lowest BCUT2D eigenvalue weighted by Gasteiger charge is -2.27. The molecule has 1 fully saturated rings. The van der Waals surface area contributed by atoms with Crippen LogP contribution < -0.4 is 0 Å². The summed E-state index contributed by atoms with van der Waals surface area (Å²) in [5.41, 5.74) is 1.42. The number of aryl methyl sites for hydroxylation is 1. The molecule has 0 unspecified atom stereocenters. The first-order valence-electron chi connectivity index (χ1n) is 7.89. The van der Waals surface area contributed by atoms with Crippen molar-refractivity contribution >= 4 is 5.97 Å². The van der Waals surface area contributed by atoms with Crippen LogP contribution in [0.25, 0.3) is 11.4 Å². The number of nitrogens with zero attached hydrogens (tertiary/aromatic N) is 2. The lowest BCUT2D eigenvalue weighted by Crippen LogP contribution is -2.27. The van der Waals surface area contributed by atoms with Crippen molar-refractivity contribution in [2.45, 2.75) is 44.8 Å². The molecule has 23 heavy (non-hydrogen) atoms. The smallest absolute Gasteiger partial charge is 0.338 e. The summed E-state index contributed by atoms with van der Waals surface area (Å²) in [5, 5.41) is 6.91. The number of carbonyl (C=O) groups excluding carboxylic acids is 1. The number of aromatic amines is 1. The summed E-state index contributed by atoms with van der Waals surface area (Å²) < 4.78 is 10.9. The number of H-pyrrole nitrogens is 1. The van der Waals surface area contributed by atoms with Gasteiger partial charge in [0.25, 0.3) is 0 Å². The Balaban J connectivity index is 1.60. The number of aromatic nitrogens is 3. The van der Waals surface area contributed by atoms with Crippen molar-refractivity contribution in [3.8, 4) is 11.4 Å². The fourth-order valence-corrected chi connectivity index (χ4v) is 2.83. The summed E-state index contributed by atoms with van der Waals surface area (Å²) in [4.78, 5) is 16.5. The number of carbonyl (C=O) groups is 1. The molecule has 0 spiro atoms. The van der Waals surface area contributed by atoms with E-state index in [2.05, 4.69) is 15.2 Å². The minimum absolute atomic E-state index is 0.00997.